The van der Waals surface area contributed by atoms with E-state index in [2.05, 4.69) is 36.1 Å². The summed E-state index contributed by atoms with van der Waals surface area (Å²) in [6.45, 7) is 10.6. The normalized spacial score (nSPS) is 13.1. The van der Waals surface area contributed by atoms with Gasteiger partial charge in [0.1, 0.15) is 13.8 Å². The predicted octanol–water partition coefficient (Wildman–Crippen LogP) is 3.00. The summed E-state index contributed by atoms with van der Waals surface area (Å²) in [6, 6.07) is 3.79. The summed E-state index contributed by atoms with van der Waals surface area (Å²) in [4.78, 5) is 4.27. The molecule has 17 heavy (non-hydrogen) atoms. The SMILES string of the molecule is CC(C)[C@H](O)c1ccc(C#C[Si](C)(C)C)nc1. The van der Waals surface area contributed by atoms with E-state index >= 15 is 0 Å². The molecule has 1 heterocycles. The van der Waals surface area contributed by atoms with Gasteiger partial charge in [-0.3, -0.25) is 0 Å². The number of hydrogen-bond donors (Lipinski definition) is 1. The van der Waals surface area contributed by atoms with Gasteiger partial charge >= 0.3 is 0 Å². The van der Waals surface area contributed by atoms with Gasteiger partial charge in [-0.2, -0.15) is 0 Å². The van der Waals surface area contributed by atoms with Crippen molar-refractivity contribution < 1.29 is 5.11 Å². The van der Waals surface area contributed by atoms with Crippen molar-refractivity contribution in [1.82, 2.24) is 4.98 Å². The second kappa shape index (κ2) is 5.48. The van der Waals surface area contributed by atoms with E-state index in [1.54, 1.807) is 6.20 Å². The van der Waals surface area contributed by atoms with Crippen LogP contribution in [0.5, 0.6) is 0 Å². The molecule has 0 aliphatic heterocycles. The Labute approximate surface area is 105 Å². The van der Waals surface area contributed by atoms with E-state index < -0.39 is 14.2 Å². The molecule has 3 heteroatoms. The van der Waals surface area contributed by atoms with Crippen molar-refractivity contribution in [3.05, 3.63) is 29.6 Å². The van der Waals surface area contributed by atoms with Gasteiger partial charge in [0, 0.05) is 6.20 Å². The lowest BCUT2D eigenvalue weighted by Gasteiger charge is -2.13. The average Bonchev–Trinajstić information content (AvgIpc) is 2.25. The largest absolute Gasteiger partial charge is 0.388 e. The summed E-state index contributed by atoms with van der Waals surface area (Å²) in [7, 11) is -1.34. The quantitative estimate of drug-likeness (QED) is 0.644. The van der Waals surface area contributed by atoms with Crippen molar-refractivity contribution in [1.29, 1.82) is 0 Å². The number of aromatic nitrogens is 1. The maximum atomic E-state index is 9.88. The molecule has 1 rings (SSSR count). The van der Waals surface area contributed by atoms with Gasteiger partial charge in [0.25, 0.3) is 0 Å². The number of aliphatic hydroxyl groups excluding tert-OH is 1. The zero-order chi connectivity index (χ0) is 13.1. The second-order valence-electron chi connectivity index (χ2n) is 5.67. The Hall–Kier alpha value is -1.11. The summed E-state index contributed by atoms with van der Waals surface area (Å²) in [6.07, 6.45) is 1.28. The van der Waals surface area contributed by atoms with Gasteiger partial charge in [-0.1, -0.05) is 45.5 Å². The smallest absolute Gasteiger partial charge is 0.129 e. The third-order valence-electron chi connectivity index (χ3n) is 2.32. The number of rotatable bonds is 2. The monoisotopic (exact) mass is 247 g/mol. The van der Waals surface area contributed by atoms with Crippen LogP contribution in [0.1, 0.15) is 31.2 Å². The lowest BCUT2D eigenvalue weighted by molar-refractivity contribution is 0.126. The van der Waals surface area contributed by atoms with Gasteiger partial charge in [-0.15, -0.1) is 5.54 Å². The Kier molecular flexibility index (Phi) is 4.50. The highest BCUT2D eigenvalue weighted by molar-refractivity contribution is 6.83. The molecule has 0 saturated heterocycles. The van der Waals surface area contributed by atoms with Gasteiger partial charge in [0.2, 0.25) is 0 Å². The highest BCUT2D eigenvalue weighted by Crippen LogP contribution is 2.20. The Morgan fingerprint density at radius 2 is 1.88 bits per heavy atom. The van der Waals surface area contributed by atoms with Crippen molar-refractivity contribution in [2.45, 2.75) is 39.6 Å². The Bertz CT molecular complexity index is 420. The molecule has 0 bridgehead atoms. The van der Waals surface area contributed by atoms with Crippen molar-refractivity contribution in [2.24, 2.45) is 5.92 Å². The lowest BCUT2D eigenvalue weighted by Crippen LogP contribution is -2.16. The first-order valence-corrected chi connectivity index (χ1v) is 9.47. The maximum absolute atomic E-state index is 9.88. The summed E-state index contributed by atoms with van der Waals surface area (Å²) >= 11 is 0. The zero-order valence-corrected chi connectivity index (χ0v) is 12.3. The van der Waals surface area contributed by atoms with E-state index in [1.807, 2.05) is 26.0 Å². The molecule has 1 aromatic heterocycles. The third kappa shape index (κ3) is 4.72. The summed E-state index contributed by atoms with van der Waals surface area (Å²) in [5.41, 5.74) is 4.92. The van der Waals surface area contributed by atoms with E-state index in [0.717, 1.165) is 11.3 Å². The molecule has 2 nitrogen and oxygen atoms in total. The molecule has 1 atom stereocenters. The average molecular weight is 247 g/mol. The number of hydrogen-bond acceptors (Lipinski definition) is 2. The highest BCUT2D eigenvalue weighted by Gasteiger charge is 2.12. The Balaban J connectivity index is 2.84. The summed E-state index contributed by atoms with van der Waals surface area (Å²) in [5.74, 6) is 3.30. The minimum atomic E-state index is -1.34. The van der Waals surface area contributed by atoms with Gasteiger partial charge in [0.05, 0.1) is 6.10 Å². The van der Waals surface area contributed by atoms with Gasteiger partial charge in [-0.25, -0.2) is 4.98 Å². The molecule has 1 aromatic rings. The van der Waals surface area contributed by atoms with Crippen molar-refractivity contribution in [2.75, 3.05) is 0 Å². The van der Waals surface area contributed by atoms with E-state index in [-0.39, 0.29) is 5.92 Å². The molecule has 0 aromatic carbocycles. The molecule has 1 N–H and O–H groups in total. The van der Waals surface area contributed by atoms with E-state index in [0.29, 0.717) is 0 Å². The molecule has 0 unspecified atom stereocenters. The van der Waals surface area contributed by atoms with Crippen LogP contribution in [0.25, 0.3) is 0 Å². The van der Waals surface area contributed by atoms with Crippen molar-refractivity contribution >= 4 is 8.07 Å². The van der Waals surface area contributed by atoms with Crippen molar-refractivity contribution in [3.8, 4) is 11.5 Å². The van der Waals surface area contributed by atoms with Crippen LogP contribution >= 0.6 is 0 Å². The molecule has 0 radical (unpaired) electrons. The molecule has 0 aliphatic carbocycles. The topological polar surface area (TPSA) is 33.1 Å². The Morgan fingerprint density at radius 1 is 1.24 bits per heavy atom. The minimum absolute atomic E-state index is 0.204. The first-order valence-electron chi connectivity index (χ1n) is 5.97. The van der Waals surface area contributed by atoms with Gasteiger partial charge < -0.3 is 5.11 Å². The molecule has 0 saturated carbocycles. The summed E-state index contributed by atoms with van der Waals surface area (Å²) < 4.78 is 0. The number of aliphatic hydroxyl groups is 1. The Morgan fingerprint density at radius 3 is 2.29 bits per heavy atom. The highest BCUT2D eigenvalue weighted by atomic mass is 28.3. The minimum Gasteiger partial charge on any atom is -0.388 e. The van der Waals surface area contributed by atoms with Crippen LogP contribution in [0.2, 0.25) is 19.6 Å². The number of pyridine rings is 1. The van der Waals surface area contributed by atoms with Gasteiger partial charge in [-0.05, 0) is 17.5 Å². The molecule has 0 amide bonds. The first-order chi connectivity index (χ1) is 7.79. The van der Waals surface area contributed by atoms with E-state index in [1.165, 1.54) is 0 Å². The van der Waals surface area contributed by atoms with Gasteiger partial charge in [0.15, 0.2) is 0 Å². The lowest BCUT2D eigenvalue weighted by atomic mass is 10.0. The fourth-order valence-electron chi connectivity index (χ4n) is 1.29. The van der Waals surface area contributed by atoms with Crippen LogP contribution < -0.4 is 0 Å². The number of nitrogens with zero attached hydrogens (tertiary/aromatic N) is 1. The molecule has 92 valence electrons. The molecule has 0 aliphatic rings. The van der Waals surface area contributed by atoms with Crippen LogP contribution in [0.3, 0.4) is 0 Å². The van der Waals surface area contributed by atoms with Crippen LogP contribution in [-0.2, 0) is 0 Å². The summed E-state index contributed by atoms with van der Waals surface area (Å²) in [5, 5.41) is 9.88. The van der Waals surface area contributed by atoms with Crippen LogP contribution in [0.15, 0.2) is 18.3 Å². The molecule has 0 fully saturated rings. The molecule has 0 spiro atoms. The maximum Gasteiger partial charge on any atom is 0.129 e. The second-order valence-corrected chi connectivity index (χ2v) is 10.4. The van der Waals surface area contributed by atoms with Crippen LogP contribution in [0.4, 0.5) is 0 Å². The first kappa shape index (κ1) is 13.9. The zero-order valence-electron chi connectivity index (χ0n) is 11.3. The third-order valence-corrected chi connectivity index (χ3v) is 3.20. The van der Waals surface area contributed by atoms with E-state index in [9.17, 15) is 5.11 Å². The van der Waals surface area contributed by atoms with Crippen LogP contribution in [0, 0.1) is 17.4 Å². The standard InChI is InChI=1S/C14H21NOSi/c1-11(2)14(16)12-6-7-13(15-10-12)8-9-17(3,4)5/h6-7,10-11,14,16H,1-5H3/t14-/m0/s1. The van der Waals surface area contributed by atoms with Crippen molar-refractivity contribution in [3.63, 3.8) is 0 Å². The molecular formula is C14H21NOSi. The van der Waals surface area contributed by atoms with Crippen LogP contribution in [-0.4, -0.2) is 18.2 Å². The fourth-order valence-corrected chi connectivity index (χ4v) is 1.79. The predicted molar refractivity (Wildman–Crippen MR) is 74.3 cm³/mol. The molecular weight excluding hydrogens is 226 g/mol. The van der Waals surface area contributed by atoms with E-state index in [4.69, 9.17) is 0 Å². The fraction of sp³-hybridized carbons (Fsp3) is 0.500.